The number of carbonyl (C=O) groups is 1. The van der Waals surface area contributed by atoms with Crippen molar-refractivity contribution >= 4 is 33.0 Å². The van der Waals surface area contributed by atoms with Crippen molar-refractivity contribution < 1.29 is 13.2 Å². The van der Waals surface area contributed by atoms with Crippen LogP contribution in [0.25, 0.3) is 0 Å². The molecule has 1 amide bonds. The highest BCUT2D eigenvalue weighted by Crippen LogP contribution is 2.24. The number of nitrogens with one attached hydrogen (secondary N) is 1. The molecule has 1 N–H and O–H groups in total. The molecule has 2 rings (SSSR count). The summed E-state index contributed by atoms with van der Waals surface area (Å²) in [4.78, 5) is 11.9. The number of aryl methyl sites for hydroxylation is 1. The van der Waals surface area contributed by atoms with E-state index in [-0.39, 0.29) is 29.8 Å². The fourth-order valence-corrected chi connectivity index (χ4v) is 4.26. The molecule has 104 valence electrons. The fourth-order valence-electron chi connectivity index (χ4n) is 2.23. The van der Waals surface area contributed by atoms with Crippen LogP contribution < -0.4 is 5.32 Å². The Kier molecular flexibility index (Phi) is 4.16. The Morgan fingerprint density at radius 3 is 2.84 bits per heavy atom. The molecule has 0 saturated carbocycles. The van der Waals surface area contributed by atoms with Gasteiger partial charge in [-0.15, -0.1) is 0 Å². The monoisotopic (exact) mass is 301 g/mol. The van der Waals surface area contributed by atoms with Gasteiger partial charge in [-0.2, -0.15) is 0 Å². The van der Waals surface area contributed by atoms with Crippen LogP contribution in [-0.4, -0.2) is 25.8 Å². The quantitative estimate of drug-likeness (QED) is 0.932. The van der Waals surface area contributed by atoms with Crippen LogP contribution in [0.5, 0.6) is 0 Å². The third kappa shape index (κ3) is 3.94. The Bertz CT molecular complexity index is 598. The molecule has 6 heteroatoms. The molecule has 0 spiro atoms. The van der Waals surface area contributed by atoms with Crippen LogP contribution in [-0.2, 0) is 14.6 Å². The van der Waals surface area contributed by atoms with Crippen LogP contribution >= 0.6 is 11.6 Å². The van der Waals surface area contributed by atoms with E-state index >= 15 is 0 Å². The summed E-state index contributed by atoms with van der Waals surface area (Å²) in [6.07, 6.45) is 0.815. The normalized spacial score (nSPS) is 21.3. The van der Waals surface area contributed by atoms with Gasteiger partial charge >= 0.3 is 0 Å². The third-order valence-electron chi connectivity index (χ3n) is 3.27. The highest BCUT2D eigenvalue weighted by molar-refractivity contribution is 7.91. The van der Waals surface area contributed by atoms with Crippen molar-refractivity contribution in [3.63, 3.8) is 0 Å². The van der Waals surface area contributed by atoms with E-state index in [0.29, 0.717) is 17.1 Å². The largest absolute Gasteiger partial charge is 0.326 e. The number of amides is 1. The van der Waals surface area contributed by atoms with E-state index in [9.17, 15) is 13.2 Å². The van der Waals surface area contributed by atoms with Crippen molar-refractivity contribution in [1.82, 2.24) is 0 Å². The second kappa shape index (κ2) is 5.51. The predicted molar refractivity (Wildman–Crippen MR) is 76.2 cm³/mol. The standard InChI is InChI=1S/C13H16ClNO3S/c1-9-2-3-11(14)7-12(9)15-13(16)6-10-4-5-19(17,18)8-10/h2-3,7,10H,4-6,8H2,1H3,(H,15,16). The summed E-state index contributed by atoms with van der Waals surface area (Å²) in [7, 11) is -2.93. The van der Waals surface area contributed by atoms with Gasteiger partial charge in [0.1, 0.15) is 0 Å². The maximum atomic E-state index is 11.9. The lowest BCUT2D eigenvalue weighted by Crippen LogP contribution is -2.17. The number of sulfone groups is 1. The lowest BCUT2D eigenvalue weighted by atomic mass is 10.0. The summed E-state index contributed by atoms with van der Waals surface area (Å²) < 4.78 is 22.7. The summed E-state index contributed by atoms with van der Waals surface area (Å²) in [6.45, 7) is 1.88. The molecular weight excluding hydrogens is 286 g/mol. The van der Waals surface area contributed by atoms with Gasteiger partial charge in [-0.05, 0) is 37.0 Å². The van der Waals surface area contributed by atoms with Gasteiger partial charge in [0.25, 0.3) is 0 Å². The molecule has 0 aliphatic carbocycles. The summed E-state index contributed by atoms with van der Waals surface area (Å²) >= 11 is 5.88. The first-order valence-corrected chi connectivity index (χ1v) is 8.32. The van der Waals surface area contributed by atoms with Crippen molar-refractivity contribution in [3.8, 4) is 0 Å². The Hall–Kier alpha value is -1.07. The summed E-state index contributed by atoms with van der Waals surface area (Å²) in [6, 6.07) is 5.29. The highest BCUT2D eigenvalue weighted by Gasteiger charge is 2.29. The highest BCUT2D eigenvalue weighted by atomic mass is 35.5. The molecule has 1 heterocycles. The first kappa shape index (κ1) is 14.3. The van der Waals surface area contributed by atoms with Gasteiger partial charge in [0.05, 0.1) is 11.5 Å². The first-order chi connectivity index (χ1) is 8.85. The van der Waals surface area contributed by atoms with Crippen LogP contribution in [0, 0.1) is 12.8 Å². The zero-order valence-corrected chi connectivity index (χ0v) is 12.2. The van der Waals surface area contributed by atoms with Crippen molar-refractivity contribution in [1.29, 1.82) is 0 Å². The van der Waals surface area contributed by atoms with E-state index < -0.39 is 9.84 Å². The van der Waals surface area contributed by atoms with E-state index in [0.717, 1.165) is 5.56 Å². The maximum absolute atomic E-state index is 11.9. The summed E-state index contributed by atoms with van der Waals surface area (Å²) in [5, 5.41) is 3.35. The molecule has 1 aliphatic heterocycles. The minimum absolute atomic E-state index is 0.0653. The zero-order chi connectivity index (χ0) is 14.0. The van der Waals surface area contributed by atoms with E-state index in [2.05, 4.69) is 5.32 Å². The van der Waals surface area contributed by atoms with Crippen molar-refractivity contribution in [2.45, 2.75) is 19.8 Å². The van der Waals surface area contributed by atoms with Crippen molar-refractivity contribution in [2.24, 2.45) is 5.92 Å². The predicted octanol–water partition coefficient (Wildman–Crippen LogP) is 2.41. The third-order valence-corrected chi connectivity index (χ3v) is 5.35. The van der Waals surface area contributed by atoms with Crippen molar-refractivity contribution in [3.05, 3.63) is 28.8 Å². The zero-order valence-electron chi connectivity index (χ0n) is 10.6. The molecule has 1 aliphatic rings. The topological polar surface area (TPSA) is 63.2 Å². The molecule has 1 aromatic rings. The summed E-state index contributed by atoms with van der Waals surface area (Å²) in [5.41, 5.74) is 1.61. The molecular formula is C13H16ClNO3S. The van der Waals surface area contributed by atoms with Crippen LogP contribution in [0.1, 0.15) is 18.4 Å². The number of anilines is 1. The number of rotatable bonds is 3. The Balaban J connectivity index is 1.97. The Morgan fingerprint density at radius 1 is 1.47 bits per heavy atom. The SMILES string of the molecule is Cc1ccc(Cl)cc1NC(=O)CC1CCS(=O)(=O)C1. The minimum Gasteiger partial charge on any atom is -0.326 e. The average Bonchev–Trinajstić information content (AvgIpc) is 2.63. The van der Waals surface area contributed by atoms with Crippen LogP contribution in [0.15, 0.2) is 18.2 Å². The Labute approximate surface area is 118 Å². The molecule has 0 radical (unpaired) electrons. The lowest BCUT2D eigenvalue weighted by molar-refractivity contribution is -0.116. The number of carbonyl (C=O) groups excluding carboxylic acids is 1. The molecule has 1 aromatic carbocycles. The molecule has 1 atom stereocenters. The number of halogens is 1. The fraction of sp³-hybridized carbons (Fsp3) is 0.462. The van der Waals surface area contributed by atoms with Gasteiger partial charge in [-0.1, -0.05) is 17.7 Å². The molecule has 4 nitrogen and oxygen atoms in total. The first-order valence-electron chi connectivity index (χ1n) is 6.12. The molecule has 0 aromatic heterocycles. The molecule has 0 bridgehead atoms. The van der Waals surface area contributed by atoms with Crippen molar-refractivity contribution in [2.75, 3.05) is 16.8 Å². The second-order valence-electron chi connectivity index (χ2n) is 4.98. The second-order valence-corrected chi connectivity index (χ2v) is 7.65. The molecule has 19 heavy (non-hydrogen) atoms. The minimum atomic E-state index is -2.93. The van der Waals surface area contributed by atoms with Gasteiger partial charge in [-0.3, -0.25) is 4.79 Å². The van der Waals surface area contributed by atoms with E-state index in [4.69, 9.17) is 11.6 Å². The van der Waals surface area contributed by atoms with Gasteiger partial charge in [0.2, 0.25) is 5.91 Å². The van der Waals surface area contributed by atoms with Crippen LogP contribution in [0.3, 0.4) is 0 Å². The molecule has 1 saturated heterocycles. The lowest BCUT2D eigenvalue weighted by Gasteiger charge is -2.11. The Morgan fingerprint density at radius 2 is 2.21 bits per heavy atom. The number of hydrogen-bond acceptors (Lipinski definition) is 3. The van der Waals surface area contributed by atoms with Gasteiger partial charge in [0, 0.05) is 17.1 Å². The summed E-state index contributed by atoms with van der Waals surface area (Å²) in [5.74, 6) is 0.0905. The van der Waals surface area contributed by atoms with E-state index in [1.54, 1.807) is 12.1 Å². The number of hydrogen-bond donors (Lipinski definition) is 1. The average molecular weight is 302 g/mol. The van der Waals surface area contributed by atoms with Crippen LogP contribution in [0.2, 0.25) is 5.02 Å². The molecule has 1 fully saturated rings. The molecule has 1 unspecified atom stereocenters. The maximum Gasteiger partial charge on any atom is 0.224 e. The van der Waals surface area contributed by atoms with Gasteiger partial charge < -0.3 is 5.32 Å². The van der Waals surface area contributed by atoms with Gasteiger partial charge in [-0.25, -0.2) is 8.42 Å². The number of benzene rings is 1. The van der Waals surface area contributed by atoms with Gasteiger partial charge in [0.15, 0.2) is 9.84 Å². The van der Waals surface area contributed by atoms with E-state index in [1.165, 1.54) is 0 Å². The smallest absolute Gasteiger partial charge is 0.224 e. The van der Waals surface area contributed by atoms with E-state index in [1.807, 2.05) is 13.0 Å². The van der Waals surface area contributed by atoms with Crippen LogP contribution in [0.4, 0.5) is 5.69 Å².